The SMILES string of the molecule is CCC(C)[SiH2][SiH](N)C(C)CC. The number of rotatable bonds is 5. The van der Waals surface area contributed by atoms with E-state index in [9.17, 15) is 0 Å². The van der Waals surface area contributed by atoms with E-state index in [2.05, 4.69) is 27.7 Å². The molecule has 0 aromatic rings. The van der Waals surface area contributed by atoms with Gasteiger partial charge in [-0.05, 0) is 5.54 Å². The Morgan fingerprint density at radius 2 is 1.82 bits per heavy atom. The van der Waals surface area contributed by atoms with Gasteiger partial charge in [0.1, 0.15) is 0 Å². The van der Waals surface area contributed by atoms with E-state index in [-0.39, 0.29) is 9.04 Å². The molecule has 0 spiro atoms. The Hall–Kier alpha value is 0.394. The minimum atomic E-state index is -0.733. The van der Waals surface area contributed by atoms with Gasteiger partial charge in [-0.3, -0.25) is 0 Å². The van der Waals surface area contributed by atoms with E-state index in [1.54, 1.807) is 0 Å². The molecule has 0 radical (unpaired) electrons. The fraction of sp³-hybridized carbons (Fsp3) is 1.00. The summed E-state index contributed by atoms with van der Waals surface area (Å²) in [6, 6.07) is 0. The zero-order valence-corrected chi connectivity index (χ0v) is 11.0. The Bertz CT molecular complexity index is 98.1. The lowest BCUT2D eigenvalue weighted by molar-refractivity contribution is 0.850. The predicted molar refractivity (Wildman–Crippen MR) is 59.3 cm³/mol. The summed E-state index contributed by atoms with van der Waals surface area (Å²) in [7, 11) is -0.615. The van der Waals surface area contributed by atoms with Crippen molar-refractivity contribution < 1.29 is 0 Å². The average molecular weight is 189 g/mol. The van der Waals surface area contributed by atoms with Crippen molar-refractivity contribution in [2.75, 3.05) is 0 Å². The van der Waals surface area contributed by atoms with Crippen molar-refractivity contribution in [1.29, 1.82) is 0 Å². The molecule has 0 aromatic carbocycles. The van der Waals surface area contributed by atoms with Crippen molar-refractivity contribution in [3.63, 3.8) is 0 Å². The van der Waals surface area contributed by atoms with Gasteiger partial charge in [-0.25, -0.2) is 0 Å². The molecule has 0 bridgehead atoms. The van der Waals surface area contributed by atoms with Gasteiger partial charge >= 0.3 is 0 Å². The van der Waals surface area contributed by atoms with Gasteiger partial charge in [0.2, 0.25) is 0 Å². The van der Waals surface area contributed by atoms with Crippen LogP contribution in [0.15, 0.2) is 0 Å². The van der Waals surface area contributed by atoms with Crippen LogP contribution in [0, 0.1) is 0 Å². The lowest BCUT2D eigenvalue weighted by Gasteiger charge is -2.18. The molecule has 2 N–H and O–H groups in total. The van der Waals surface area contributed by atoms with E-state index in [4.69, 9.17) is 5.40 Å². The lowest BCUT2D eigenvalue weighted by Crippen LogP contribution is -2.39. The monoisotopic (exact) mass is 189 g/mol. The van der Waals surface area contributed by atoms with Crippen LogP contribution in [0.3, 0.4) is 0 Å². The molecule has 3 unspecified atom stereocenters. The number of hydrogen-bond donors (Lipinski definition) is 1. The minimum absolute atomic E-state index is 0.118. The maximum atomic E-state index is 6.20. The van der Waals surface area contributed by atoms with Crippen LogP contribution in [0.2, 0.25) is 11.1 Å². The second-order valence-corrected chi connectivity index (χ2v) is 12.4. The molecule has 3 atom stereocenters. The molecular formula is C8H23NSi2. The van der Waals surface area contributed by atoms with Crippen molar-refractivity contribution in [1.82, 2.24) is 0 Å². The third-order valence-electron chi connectivity index (χ3n) is 2.75. The molecule has 68 valence electrons. The van der Waals surface area contributed by atoms with Crippen LogP contribution in [-0.4, -0.2) is 17.5 Å². The van der Waals surface area contributed by atoms with E-state index in [0.29, 0.717) is 0 Å². The van der Waals surface area contributed by atoms with Gasteiger partial charge in [0.25, 0.3) is 0 Å². The van der Waals surface area contributed by atoms with Gasteiger partial charge in [0, 0.05) is 9.04 Å². The highest BCUT2D eigenvalue weighted by molar-refractivity contribution is 7.12. The first kappa shape index (κ1) is 11.4. The smallest absolute Gasteiger partial charge is 0.0921 e. The summed E-state index contributed by atoms with van der Waals surface area (Å²) in [6.45, 7) is 9.27. The standard InChI is InChI=1S/C8H23NSi2/c1-5-7(3)10-11(9)8(4)6-2/h7-8,11H,5-6,9-10H2,1-4H3. The Morgan fingerprint density at radius 1 is 1.27 bits per heavy atom. The van der Waals surface area contributed by atoms with Crippen LogP contribution in [0.4, 0.5) is 0 Å². The maximum Gasteiger partial charge on any atom is 0.0921 e. The summed E-state index contributed by atoms with van der Waals surface area (Å²) in [5, 5.41) is 6.20. The fourth-order valence-corrected chi connectivity index (χ4v) is 9.68. The molecule has 0 saturated carbocycles. The molecule has 0 amide bonds. The predicted octanol–water partition coefficient (Wildman–Crippen LogP) is 1.35. The molecule has 0 rings (SSSR count). The first-order valence-electron chi connectivity index (χ1n) is 4.87. The maximum absolute atomic E-state index is 6.20. The molecule has 0 aliphatic carbocycles. The first-order valence-corrected chi connectivity index (χ1v) is 10.3. The van der Waals surface area contributed by atoms with Gasteiger partial charge in [-0.1, -0.05) is 46.1 Å². The molecule has 0 fully saturated rings. The van der Waals surface area contributed by atoms with Crippen molar-refractivity contribution in [2.45, 2.75) is 51.6 Å². The molecule has 0 aromatic heterocycles. The van der Waals surface area contributed by atoms with Crippen LogP contribution in [0.5, 0.6) is 0 Å². The van der Waals surface area contributed by atoms with Gasteiger partial charge in [0.05, 0.1) is 8.48 Å². The summed E-state index contributed by atoms with van der Waals surface area (Å²) in [6.07, 6.45) is 2.65. The van der Waals surface area contributed by atoms with Crippen molar-refractivity contribution in [3.8, 4) is 0 Å². The van der Waals surface area contributed by atoms with Gasteiger partial charge in [-0.2, -0.15) is 0 Å². The van der Waals surface area contributed by atoms with Gasteiger partial charge < -0.3 is 5.40 Å². The Labute approximate surface area is 75.1 Å². The van der Waals surface area contributed by atoms with Gasteiger partial charge in [-0.15, -0.1) is 0 Å². The normalized spacial score (nSPS) is 20.5. The van der Waals surface area contributed by atoms with Crippen LogP contribution in [0.1, 0.15) is 40.5 Å². The van der Waals surface area contributed by atoms with Crippen LogP contribution in [-0.2, 0) is 0 Å². The molecule has 0 heterocycles. The topological polar surface area (TPSA) is 26.0 Å². The summed E-state index contributed by atoms with van der Waals surface area (Å²) in [4.78, 5) is 0. The zero-order valence-electron chi connectivity index (χ0n) is 8.43. The summed E-state index contributed by atoms with van der Waals surface area (Å²) in [5.41, 5.74) is 1.88. The molecule has 11 heavy (non-hydrogen) atoms. The average Bonchev–Trinajstić information content (AvgIpc) is 2.02. The molecule has 0 aliphatic rings. The minimum Gasteiger partial charge on any atom is -0.355 e. The first-order chi connectivity index (χ1) is 5.11. The van der Waals surface area contributed by atoms with Crippen molar-refractivity contribution >= 4 is 17.5 Å². The lowest BCUT2D eigenvalue weighted by atomic mass is 10.4. The zero-order chi connectivity index (χ0) is 8.85. The summed E-state index contributed by atoms with van der Waals surface area (Å²) < 4.78 is 0. The van der Waals surface area contributed by atoms with Crippen molar-refractivity contribution in [3.05, 3.63) is 0 Å². The summed E-state index contributed by atoms with van der Waals surface area (Å²) >= 11 is 0. The molecule has 0 saturated heterocycles. The summed E-state index contributed by atoms with van der Waals surface area (Å²) in [5.74, 6) is 0. The highest BCUT2D eigenvalue weighted by Crippen LogP contribution is 2.14. The molecule has 0 aliphatic heterocycles. The second-order valence-electron chi connectivity index (χ2n) is 3.80. The van der Waals surface area contributed by atoms with Gasteiger partial charge in [0.15, 0.2) is 0 Å². The Morgan fingerprint density at radius 3 is 2.18 bits per heavy atom. The molecule has 3 heteroatoms. The molecular weight excluding hydrogens is 166 g/mol. The largest absolute Gasteiger partial charge is 0.355 e. The van der Waals surface area contributed by atoms with E-state index in [1.165, 1.54) is 12.8 Å². The molecule has 1 nitrogen and oxygen atoms in total. The van der Waals surface area contributed by atoms with Crippen LogP contribution in [0.25, 0.3) is 0 Å². The Kier molecular flexibility index (Phi) is 6.18. The number of nitrogens with two attached hydrogens (primary N) is 1. The van der Waals surface area contributed by atoms with Crippen molar-refractivity contribution in [2.24, 2.45) is 5.40 Å². The van der Waals surface area contributed by atoms with Crippen LogP contribution < -0.4 is 5.40 Å². The fourth-order valence-electron chi connectivity index (χ4n) is 1.17. The number of hydrogen-bond acceptors (Lipinski definition) is 1. The highest BCUT2D eigenvalue weighted by atomic mass is 29.2. The Balaban J connectivity index is 3.58. The van der Waals surface area contributed by atoms with E-state index in [1.807, 2.05) is 0 Å². The second kappa shape index (κ2) is 5.97. The van der Waals surface area contributed by atoms with E-state index >= 15 is 0 Å². The van der Waals surface area contributed by atoms with E-state index < -0.39 is 8.48 Å². The third-order valence-corrected chi connectivity index (χ3v) is 13.1. The highest BCUT2D eigenvalue weighted by Gasteiger charge is 2.15. The van der Waals surface area contributed by atoms with E-state index in [0.717, 1.165) is 11.1 Å². The van der Waals surface area contributed by atoms with Crippen LogP contribution >= 0.6 is 0 Å². The quantitative estimate of drug-likeness (QED) is 0.649. The third kappa shape index (κ3) is 4.77.